The first-order valence-corrected chi connectivity index (χ1v) is 7.74. The second-order valence-corrected chi connectivity index (χ2v) is 4.82. The molecule has 1 rings (SSSR count). The number of hydrogen-bond acceptors (Lipinski definition) is 5. The number of nitrogens with one attached hydrogen (secondary N) is 1. The van der Waals surface area contributed by atoms with Gasteiger partial charge in [-0.2, -0.15) is 0 Å². The molecule has 0 unspecified atom stereocenters. The molecule has 1 N–H and O–H groups in total. The number of rotatable bonds is 14. The molecule has 122 valence electrons. The number of ether oxygens (including phenoxy) is 3. The van der Waals surface area contributed by atoms with Crippen LogP contribution in [0.3, 0.4) is 0 Å². The molecule has 0 bridgehead atoms. The molecule has 0 aromatic carbocycles. The van der Waals surface area contributed by atoms with Crippen LogP contribution in [-0.2, 0) is 27.8 Å². The molecule has 6 heteroatoms. The Hall–Kier alpha value is -0.950. The van der Waals surface area contributed by atoms with Gasteiger partial charge in [-0.05, 0) is 6.42 Å². The molecule has 1 aromatic rings. The molecule has 0 saturated carbocycles. The van der Waals surface area contributed by atoms with E-state index in [-0.39, 0.29) is 0 Å². The second kappa shape index (κ2) is 12.8. The minimum atomic E-state index is 0.622. The zero-order valence-corrected chi connectivity index (χ0v) is 13.3. The summed E-state index contributed by atoms with van der Waals surface area (Å²) in [7, 11) is 1.99. The van der Waals surface area contributed by atoms with Gasteiger partial charge in [-0.1, -0.05) is 13.3 Å². The highest BCUT2D eigenvalue weighted by atomic mass is 16.5. The lowest BCUT2D eigenvalue weighted by Crippen LogP contribution is -2.22. The fourth-order valence-corrected chi connectivity index (χ4v) is 1.70. The second-order valence-electron chi connectivity index (χ2n) is 4.82. The highest BCUT2D eigenvalue weighted by Gasteiger charge is 1.97. The first kappa shape index (κ1) is 18.1. The molecule has 1 aromatic heterocycles. The summed E-state index contributed by atoms with van der Waals surface area (Å²) in [5.41, 5.74) is 0. The first-order chi connectivity index (χ1) is 10.3. The molecule has 0 radical (unpaired) electrons. The van der Waals surface area contributed by atoms with E-state index in [1.807, 2.05) is 17.8 Å². The van der Waals surface area contributed by atoms with Crippen LogP contribution in [0.1, 0.15) is 25.6 Å². The fraction of sp³-hybridized carbons (Fsp3) is 0.800. The smallest absolute Gasteiger partial charge is 0.122 e. The number of aromatic nitrogens is 2. The zero-order chi connectivity index (χ0) is 15.2. The van der Waals surface area contributed by atoms with Gasteiger partial charge in [-0.15, -0.1) is 0 Å². The summed E-state index contributed by atoms with van der Waals surface area (Å²) >= 11 is 0. The Kier molecular flexibility index (Phi) is 11.0. The Labute approximate surface area is 127 Å². The van der Waals surface area contributed by atoms with E-state index in [1.165, 1.54) is 6.42 Å². The average Bonchev–Trinajstić information content (AvgIpc) is 2.89. The lowest BCUT2D eigenvalue weighted by atomic mass is 10.4. The summed E-state index contributed by atoms with van der Waals surface area (Å²) in [5, 5.41) is 3.29. The highest BCUT2D eigenvalue weighted by molar-refractivity contribution is 4.90. The molecule has 0 aliphatic heterocycles. The van der Waals surface area contributed by atoms with Crippen LogP contribution in [0.25, 0.3) is 0 Å². The monoisotopic (exact) mass is 299 g/mol. The van der Waals surface area contributed by atoms with E-state index in [0.29, 0.717) is 33.0 Å². The lowest BCUT2D eigenvalue weighted by Gasteiger charge is -2.07. The van der Waals surface area contributed by atoms with Crippen molar-refractivity contribution in [2.75, 3.05) is 46.2 Å². The van der Waals surface area contributed by atoms with Crippen LogP contribution >= 0.6 is 0 Å². The van der Waals surface area contributed by atoms with Crippen molar-refractivity contribution < 1.29 is 14.2 Å². The molecule has 0 spiro atoms. The topological polar surface area (TPSA) is 57.5 Å². The van der Waals surface area contributed by atoms with E-state index in [9.17, 15) is 0 Å². The van der Waals surface area contributed by atoms with Crippen LogP contribution in [0.4, 0.5) is 0 Å². The largest absolute Gasteiger partial charge is 0.379 e. The summed E-state index contributed by atoms with van der Waals surface area (Å²) < 4.78 is 18.3. The van der Waals surface area contributed by atoms with Crippen LogP contribution in [-0.4, -0.2) is 55.7 Å². The van der Waals surface area contributed by atoms with E-state index in [2.05, 4.69) is 17.2 Å². The highest BCUT2D eigenvalue weighted by Crippen LogP contribution is 1.92. The van der Waals surface area contributed by atoms with Gasteiger partial charge in [-0.25, -0.2) is 4.98 Å². The van der Waals surface area contributed by atoms with E-state index in [1.54, 1.807) is 6.20 Å². The van der Waals surface area contributed by atoms with Gasteiger partial charge < -0.3 is 24.1 Å². The molecular formula is C15H29N3O3. The van der Waals surface area contributed by atoms with Gasteiger partial charge in [0.05, 0.1) is 39.6 Å². The molecule has 0 aliphatic carbocycles. The molecule has 0 atom stereocenters. The van der Waals surface area contributed by atoms with Crippen molar-refractivity contribution in [1.29, 1.82) is 0 Å². The van der Waals surface area contributed by atoms with Gasteiger partial charge in [-0.3, -0.25) is 0 Å². The molecule has 1 heterocycles. The van der Waals surface area contributed by atoms with E-state index >= 15 is 0 Å². The van der Waals surface area contributed by atoms with E-state index in [0.717, 1.165) is 31.9 Å². The van der Waals surface area contributed by atoms with Gasteiger partial charge in [0.25, 0.3) is 0 Å². The Bertz CT molecular complexity index is 345. The van der Waals surface area contributed by atoms with Crippen molar-refractivity contribution in [3.63, 3.8) is 0 Å². The van der Waals surface area contributed by atoms with Gasteiger partial charge >= 0.3 is 0 Å². The van der Waals surface area contributed by atoms with Crippen molar-refractivity contribution in [3.8, 4) is 0 Å². The minimum absolute atomic E-state index is 0.622. The van der Waals surface area contributed by atoms with Gasteiger partial charge in [0.2, 0.25) is 0 Å². The summed E-state index contributed by atoms with van der Waals surface area (Å²) in [5.74, 6) is 1.03. The van der Waals surface area contributed by atoms with Gasteiger partial charge in [0.15, 0.2) is 0 Å². The zero-order valence-electron chi connectivity index (χ0n) is 13.3. The summed E-state index contributed by atoms with van der Waals surface area (Å²) in [4.78, 5) is 4.24. The Morgan fingerprint density at radius 1 is 1.05 bits per heavy atom. The van der Waals surface area contributed by atoms with Gasteiger partial charge in [0, 0.05) is 32.6 Å². The predicted octanol–water partition coefficient (Wildman–Crippen LogP) is 1.36. The standard InChI is InChI=1S/C15H29N3O3/c1-3-4-8-19-10-12-21-13-11-20-9-6-16-14-15-17-5-7-18(15)2/h5,7,16H,3-4,6,8-14H2,1-2H3. The van der Waals surface area contributed by atoms with Crippen molar-refractivity contribution in [2.24, 2.45) is 7.05 Å². The van der Waals surface area contributed by atoms with E-state index < -0.39 is 0 Å². The molecule has 6 nitrogen and oxygen atoms in total. The van der Waals surface area contributed by atoms with Crippen LogP contribution in [0.15, 0.2) is 12.4 Å². The van der Waals surface area contributed by atoms with Crippen LogP contribution in [0.5, 0.6) is 0 Å². The summed E-state index contributed by atoms with van der Waals surface area (Å²) in [6.07, 6.45) is 6.03. The number of imidazole rings is 1. The number of nitrogens with zero attached hydrogens (tertiary/aromatic N) is 2. The van der Waals surface area contributed by atoms with Crippen molar-refractivity contribution in [1.82, 2.24) is 14.9 Å². The maximum atomic E-state index is 5.47. The first-order valence-electron chi connectivity index (χ1n) is 7.74. The van der Waals surface area contributed by atoms with Crippen LogP contribution < -0.4 is 5.32 Å². The molecule has 0 fully saturated rings. The predicted molar refractivity (Wildman–Crippen MR) is 82.3 cm³/mol. The maximum absolute atomic E-state index is 5.47. The quantitative estimate of drug-likeness (QED) is 0.526. The molecular weight excluding hydrogens is 270 g/mol. The summed E-state index contributed by atoms with van der Waals surface area (Å²) in [6, 6.07) is 0. The van der Waals surface area contributed by atoms with Gasteiger partial charge in [0.1, 0.15) is 5.82 Å². The molecule has 21 heavy (non-hydrogen) atoms. The minimum Gasteiger partial charge on any atom is -0.379 e. The third kappa shape index (κ3) is 9.57. The Morgan fingerprint density at radius 2 is 1.71 bits per heavy atom. The molecule has 0 aliphatic rings. The van der Waals surface area contributed by atoms with Crippen molar-refractivity contribution >= 4 is 0 Å². The third-order valence-corrected chi connectivity index (χ3v) is 3.01. The van der Waals surface area contributed by atoms with Crippen LogP contribution in [0.2, 0.25) is 0 Å². The fourth-order valence-electron chi connectivity index (χ4n) is 1.70. The molecule has 0 amide bonds. The maximum Gasteiger partial charge on any atom is 0.122 e. The number of hydrogen-bond donors (Lipinski definition) is 1. The van der Waals surface area contributed by atoms with Crippen LogP contribution in [0, 0.1) is 0 Å². The normalized spacial score (nSPS) is 11.1. The SMILES string of the molecule is CCCCOCCOCCOCCNCc1nccn1C. The summed E-state index contributed by atoms with van der Waals surface area (Å²) in [6.45, 7) is 7.80. The number of aryl methyl sites for hydroxylation is 1. The average molecular weight is 299 g/mol. The lowest BCUT2D eigenvalue weighted by molar-refractivity contribution is 0.0146. The molecule has 0 saturated heterocycles. The third-order valence-electron chi connectivity index (χ3n) is 3.01. The van der Waals surface area contributed by atoms with Crippen molar-refractivity contribution in [2.45, 2.75) is 26.3 Å². The van der Waals surface area contributed by atoms with Crippen molar-refractivity contribution in [3.05, 3.63) is 18.2 Å². The Morgan fingerprint density at radius 3 is 2.33 bits per heavy atom. The number of unbranched alkanes of at least 4 members (excludes halogenated alkanes) is 1. The Balaban J connectivity index is 1.76. The van der Waals surface area contributed by atoms with E-state index in [4.69, 9.17) is 14.2 Å².